The van der Waals surface area contributed by atoms with Crippen molar-refractivity contribution < 1.29 is 42.6 Å². The lowest BCUT2D eigenvalue weighted by molar-refractivity contribution is -0.116. The van der Waals surface area contributed by atoms with E-state index in [-0.39, 0.29) is 26.2 Å². The number of ether oxygens (including phenoxy) is 4. The second-order valence-corrected chi connectivity index (χ2v) is 16.4. The summed E-state index contributed by atoms with van der Waals surface area (Å²) in [6.45, 7) is 3.79. The molecule has 0 saturated carbocycles. The molecule has 320 valence electrons. The Kier molecular flexibility index (Phi) is 22.7. The SMILES string of the molecule is CCCCCCCCCCCCCCCCCCOC[C@@H](COP(=O)(O)OC[C@@](C)(OC)[C@@H](O)Cc1ccc2c(N)ncnn12)OCc1ccc(C#N)cc1OC. The van der Waals surface area contributed by atoms with Crippen molar-refractivity contribution in [2.75, 3.05) is 46.4 Å². The third-order valence-electron chi connectivity index (χ3n) is 10.4. The van der Waals surface area contributed by atoms with E-state index in [1.165, 1.54) is 104 Å². The van der Waals surface area contributed by atoms with Gasteiger partial charge < -0.3 is 34.7 Å². The Balaban J connectivity index is 1.43. The zero-order chi connectivity index (χ0) is 41.4. The predicted molar refractivity (Wildman–Crippen MR) is 221 cm³/mol. The number of nitrogens with two attached hydrogens (primary N) is 1. The highest BCUT2D eigenvalue weighted by molar-refractivity contribution is 7.47. The smallest absolute Gasteiger partial charge is 0.472 e. The van der Waals surface area contributed by atoms with Gasteiger partial charge >= 0.3 is 7.82 Å². The Morgan fingerprint density at radius 3 is 2.14 bits per heavy atom. The molecule has 14 nitrogen and oxygen atoms in total. The number of aliphatic hydroxyl groups excluding tert-OH is 1. The molecule has 3 rings (SSSR count). The molecule has 0 amide bonds. The highest BCUT2D eigenvalue weighted by Crippen LogP contribution is 2.45. The average Bonchev–Trinajstić information content (AvgIpc) is 3.63. The Hall–Kier alpha value is -3.12. The second-order valence-electron chi connectivity index (χ2n) is 15.0. The molecule has 0 aliphatic heterocycles. The number of phosphoric acid groups is 1. The van der Waals surface area contributed by atoms with Crippen LogP contribution < -0.4 is 10.5 Å². The first-order valence-corrected chi connectivity index (χ1v) is 22.2. The number of anilines is 1. The van der Waals surface area contributed by atoms with Crippen LogP contribution in [0, 0.1) is 11.3 Å². The first-order valence-electron chi connectivity index (χ1n) is 20.7. The molecule has 0 spiro atoms. The molecule has 0 saturated heterocycles. The van der Waals surface area contributed by atoms with Gasteiger partial charge in [0.25, 0.3) is 0 Å². The second kappa shape index (κ2) is 26.8. The van der Waals surface area contributed by atoms with Gasteiger partial charge in [0.2, 0.25) is 0 Å². The average molecular weight is 818 g/mol. The number of aromatic nitrogens is 3. The van der Waals surface area contributed by atoms with Crippen LogP contribution in [-0.2, 0) is 40.9 Å². The van der Waals surface area contributed by atoms with E-state index in [0.717, 1.165) is 19.3 Å². The monoisotopic (exact) mass is 817 g/mol. The third-order valence-corrected chi connectivity index (χ3v) is 11.3. The van der Waals surface area contributed by atoms with E-state index in [1.54, 1.807) is 41.8 Å². The van der Waals surface area contributed by atoms with Crippen molar-refractivity contribution in [1.82, 2.24) is 14.6 Å². The molecular formula is C42H68N5O9P. The van der Waals surface area contributed by atoms with E-state index >= 15 is 0 Å². The summed E-state index contributed by atoms with van der Waals surface area (Å²) in [4.78, 5) is 14.7. The van der Waals surface area contributed by atoms with Gasteiger partial charge in [-0.1, -0.05) is 109 Å². The number of fused-ring (bicyclic) bond motifs is 1. The Morgan fingerprint density at radius 2 is 1.54 bits per heavy atom. The Bertz CT molecular complexity index is 1650. The van der Waals surface area contributed by atoms with E-state index < -0.39 is 32.2 Å². The van der Waals surface area contributed by atoms with E-state index in [2.05, 4.69) is 23.1 Å². The molecule has 3 aromatic rings. The quantitative estimate of drug-likeness (QED) is 0.0392. The molecule has 57 heavy (non-hydrogen) atoms. The summed E-state index contributed by atoms with van der Waals surface area (Å²) in [6, 6.07) is 10.6. The number of benzene rings is 1. The zero-order valence-corrected chi connectivity index (χ0v) is 35.6. The summed E-state index contributed by atoms with van der Waals surface area (Å²) in [5, 5.41) is 24.6. The van der Waals surface area contributed by atoms with Crippen LogP contribution in [0.3, 0.4) is 0 Å². The number of aliphatic hydroxyl groups is 1. The molecule has 4 N–H and O–H groups in total. The lowest BCUT2D eigenvalue weighted by Gasteiger charge is -2.33. The normalized spacial score (nSPS) is 14.9. The Morgan fingerprint density at radius 1 is 0.912 bits per heavy atom. The van der Waals surface area contributed by atoms with Crippen molar-refractivity contribution in [3.05, 3.63) is 53.5 Å². The molecule has 2 heterocycles. The minimum Gasteiger partial charge on any atom is -0.496 e. The molecule has 1 aromatic carbocycles. The summed E-state index contributed by atoms with van der Waals surface area (Å²) < 4.78 is 48.5. The molecule has 0 aliphatic carbocycles. The number of hydrogen-bond acceptors (Lipinski definition) is 12. The fourth-order valence-corrected chi connectivity index (χ4v) is 7.39. The molecule has 1 unspecified atom stereocenters. The third kappa shape index (κ3) is 17.7. The van der Waals surface area contributed by atoms with Crippen LogP contribution in [0.15, 0.2) is 36.7 Å². The summed E-state index contributed by atoms with van der Waals surface area (Å²) >= 11 is 0. The van der Waals surface area contributed by atoms with Gasteiger partial charge in [0, 0.05) is 31.4 Å². The minimum atomic E-state index is -4.64. The van der Waals surface area contributed by atoms with Crippen molar-refractivity contribution >= 4 is 19.2 Å². The van der Waals surface area contributed by atoms with Crippen LogP contribution in [0.5, 0.6) is 5.75 Å². The lowest BCUT2D eigenvalue weighted by Crippen LogP contribution is -2.46. The van der Waals surface area contributed by atoms with Crippen molar-refractivity contribution in [2.45, 2.75) is 147 Å². The Labute approximate surface area is 340 Å². The molecule has 15 heteroatoms. The van der Waals surface area contributed by atoms with Gasteiger partial charge in [-0.15, -0.1) is 0 Å². The first-order chi connectivity index (χ1) is 27.6. The van der Waals surface area contributed by atoms with E-state index in [0.29, 0.717) is 40.5 Å². The van der Waals surface area contributed by atoms with Gasteiger partial charge in [0.1, 0.15) is 29.3 Å². The highest BCUT2D eigenvalue weighted by Gasteiger charge is 2.38. The van der Waals surface area contributed by atoms with Crippen LogP contribution in [0.2, 0.25) is 0 Å². The number of hydrogen-bond donors (Lipinski definition) is 3. The van der Waals surface area contributed by atoms with Gasteiger partial charge in [-0.2, -0.15) is 10.4 Å². The maximum absolute atomic E-state index is 13.1. The summed E-state index contributed by atoms with van der Waals surface area (Å²) in [6.07, 6.45) is 20.1. The molecule has 0 bridgehead atoms. The minimum absolute atomic E-state index is 0.0837. The maximum atomic E-state index is 13.1. The number of methoxy groups -OCH3 is 2. The molecule has 0 radical (unpaired) electrons. The topological polar surface area (TPSA) is 193 Å². The fourth-order valence-electron chi connectivity index (χ4n) is 6.54. The number of nitriles is 1. The van der Waals surface area contributed by atoms with E-state index in [9.17, 15) is 19.8 Å². The number of nitrogens with zero attached hydrogens (tertiary/aromatic N) is 4. The van der Waals surface area contributed by atoms with Crippen LogP contribution >= 0.6 is 7.82 Å². The van der Waals surface area contributed by atoms with Gasteiger partial charge in [0.15, 0.2) is 5.82 Å². The van der Waals surface area contributed by atoms with Crippen LogP contribution in [-0.4, -0.2) is 83.1 Å². The van der Waals surface area contributed by atoms with Crippen molar-refractivity contribution in [3.63, 3.8) is 0 Å². The first kappa shape index (κ1) is 48.3. The summed E-state index contributed by atoms with van der Waals surface area (Å²) in [5.41, 5.74) is 6.92. The molecule has 2 aromatic heterocycles. The van der Waals surface area contributed by atoms with Crippen LogP contribution in [0.25, 0.3) is 5.52 Å². The molecule has 0 aliphatic rings. The predicted octanol–water partition coefficient (Wildman–Crippen LogP) is 8.50. The molecular weight excluding hydrogens is 749 g/mol. The van der Waals surface area contributed by atoms with E-state index in [1.807, 2.05) is 0 Å². The number of nitrogen functional groups attached to an aromatic ring is 1. The van der Waals surface area contributed by atoms with Crippen molar-refractivity contribution in [1.29, 1.82) is 5.26 Å². The van der Waals surface area contributed by atoms with Crippen molar-refractivity contribution in [3.8, 4) is 11.8 Å². The van der Waals surface area contributed by atoms with E-state index in [4.69, 9.17) is 33.7 Å². The fraction of sp³-hybridized carbons (Fsp3) is 0.690. The number of phosphoric ester groups is 1. The molecule has 4 atom stereocenters. The lowest BCUT2D eigenvalue weighted by atomic mass is 9.96. The van der Waals surface area contributed by atoms with Crippen LogP contribution in [0.4, 0.5) is 5.82 Å². The van der Waals surface area contributed by atoms with Crippen LogP contribution in [0.1, 0.15) is 133 Å². The molecule has 0 fully saturated rings. The zero-order valence-electron chi connectivity index (χ0n) is 34.7. The number of unbranched alkanes of at least 4 members (excludes halogenated alkanes) is 15. The standard InChI is InChI=1S/C42H68N5O9P/c1-5-6-7-8-9-10-11-12-13-14-15-16-17-18-19-20-25-53-30-37(54-29-35-22-21-34(28-43)26-39(35)51-3)31-55-57(49,50)56-32-42(2,52-4)40(48)27-36-23-24-38-41(44)45-33-46-47(36)38/h21-24,26,33,37,40,48H,5-20,25,27,29-32H2,1-4H3,(H,49,50)(H2,44,45,46)/t37-,40-,42+/m0/s1. The van der Waals surface area contributed by atoms with Gasteiger partial charge in [-0.3, -0.25) is 9.05 Å². The largest absolute Gasteiger partial charge is 0.496 e. The summed E-state index contributed by atoms with van der Waals surface area (Å²) in [7, 11) is -1.75. The van der Waals surface area contributed by atoms with Gasteiger partial charge in [-0.25, -0.2) is 14.1 Å². The number of rotatable bonds is 33. The highest BCUT2D eigenvalue weighted by atomic mass is 31.2. The summed E-state index contributed by atoms with van der Waals surface area (Å²) in [5.74, 6) is 0.784. The van der Waals surface area contributed by atoms with Gasteiger partial charge in [-0.05, 0) is 37.6 Å². The van der Waals surface area contributed by atoms with Gasteiger partial charge in [0.05, 0.1) is 51.3 Å². The maximum Gasteiger partial charge on any atom is 0.472 e. The van der Waals surface area contributed by atoms with Crippen molar-refractivity contribution in [2.24, 2.45) is 0 Å².